The molecular formula is C19H21BrN2O3. The van der Waals surface area contributed by atoms with Crippen LogP contribution in [0, 0.1) is 0 Å². The number of benzene rings is 2. The molecule has 0 aliphatic rings. The smallest absolute Gasteiger partial charge is 0.275 e. The van der Waals surface area contributed by atoms with E-state index in [1.54, 1.807) is 6.07 Å². The Balaban J connectivity index is 1.87. The van der Waals surface area contributed by atoms with Crippen molar-refractivity contribution in [1.82, 2.24) is 5.43 Å². The summed E-state index contributed by atoms with van der Waals surface area (Å²) in [5.74, 6) is 0.239. The summed E-state index contributed by atoms with van der Waals surface area (Å²) >= 11 is 3.26. The van der Waals surface area contributed by atoms with E-state index >= 15 is 0 Å². The third-order valence-corrected chi connectivity index (χ3v) is 3.97. The summed E-state index contributed by atoms with van der Waals surface area (Å²) in [7, 11) is 0. The van der Waals surface area contributed by atoms with E-state index in [1.807, 2.05) is 24.3 Å². The molecule has 6 heteroatoms. The molecule has 0 heterocycles. The Morgan fingerprint density at radius 1 is 1.24 bits per heavy atom. The summed E-state index contributed by atoms with van der Waals surface area (Å²) in [5, 5.41) is 13.6. The van der Waals surface area contributed by atoms with Gasteiger partial charge in [0.05, 0.1) is 18.4 Å². The zero-order valence-corrected chi connectivity index (χ0v) is 15.6. The Hall–Kier alpha value is -2.34. The molecule has 0 unspecified atom stereocenters. The summed E-state index contributed by atoms with van der Waals surface area (Å²) in [5.41, 5.74) is 3.38. The Bertz CT molecular complexity index is 730. The van der Waals surface area contributed by atoms with Gasteiger partial charge in [0.2, 0.25) is 0 Å². The van der Waals surface area contributed by atoms with Crippen molar-refractivity contribution < 1.29 is 14.6 Å². The molecule has 0 radical (unpaired) electrons. The fourth-order valence-electron chi connectivity index (χ4n) is 2.11. The molecule has 0 bridgehead atoms. The number of nitrogens with zero attached hydrogens (tertiary/aromatic N) is 1. The van der Waals surface area contributed by atoms with Crippen molar-refractivity contribution in [1.29, 1.82) is 0 Å². The minimum absolute atomic E-state index is 0.0968. The third kappa shape index (κ3) is 6.23. The van der Waals surface area contributed by atoms with Gasteiger partial charge in [-0.1, -0.05) is 35.7 Å². The molecule has 0 aliphatic carbocycles. The SMILES string of the molecule is CCCCCOc1ccc(/C=N/NC(=O)c2cc(Br)ccc2O)cc1. The Kier molecular flexibility index (Phi) is 7.47. The molecule has 5 nitrogen and oxygen atoms in total. The standard InChI is InChI=1S/C19H21BrN2O3/c1-2-3-4-11-25-16-8-5-14(6-9-16)13-21-22-19(24)17-12-15(20)7-10-18(17)23/h5-10,12-13,23H,2-4,11H2,1H3,(H,22,24)/b21-13+. The van der Waals surface area contributed by atoms with E-state index in [0.29, 0.717) is 11.1 Å². The van der Waals surface area contributed by atoms with Gasteiger partial charge in [-0.05, 0) is 54.4 Å². The summed E-state index contributed by atoms with van der Waals surface area (Å²) in [6.07, 6.45) is 4.92. The fraction of sp³-hybridized carbons (Fsp3) is 0.263. The lowest BCUT2D eigenvalue weighted by Crippen LogP contribution is -2.17. The number of ether oxygens (including phenoxy) is 1. The van der Waals surface area contributed by atoms with Crippen molar-refractivity contribution in [3.05, 3.63) is 58.1 Å². The van der Waals surface area contributed by atoms with Crippen LogP contribution in [0.3, 0.4) is 0 Å². The molecule has 0 atom stereocenters. The van der Waals surface area contributed by atoms with Crippen molar-refractivity contribution in [2.45, 2.75) is 26.2 Å². The molecule has 0 saturated carbocycles. The Labute approximate surface area is 155 Å². The van der Waals surface area contributed by atoms with Crippen molar-refractivity contribution >= 4 is 28.1 Å². The molecule has 0 aromatic heterocycles. The van der Waals surface area contributed by atoms with Crippen LogP contribution in [0.4, 0.5) is 0 Å². The molecular weight excluding hydrogens is 384 g/mol. The number of nitrogens with one attached hydrogen (secondary N) is 1. The number of rotatable bonds is 8. The summed E-state index contributed by atoms with van der Waals surface area (Å²) < 4.78 is 6.34. The van der Waals surface area contributed by atoms with E-state index in [9.17, 15) is 9.90 Å². The molecule has 0 spiro atoms. The Morgan fingerprint density at radius 2 is 2.00 bits per heavy atom. The largest absolute Gasteiger partial charge is 0.507 e. The quantitative estimate of drug-likeness (QED) is 0.386. The van der Waals surface area contributed by atoms with Crippen molar-refractivity contribution in [3.8, 4) is 11.5 Å². The highest BCUT2D eigenvalue weighted by molar-refractivity contribution is 9.10. The minimum Gasteiger partial charge on any atom is -0.507 e. The van der Waals surface area contributed by atoms with E-state index in [0.717, 1.165) is 24.2 Å². The average molecular weight is 405 g/mol. The van der Waals surface area contributed by atoms with Gasteiger partial charge < -0.3 is 9.84 Å². The van der Waals surface area contributed by atoms with E-state index in [1.165, 1.54) is 24.8 Å². The average Bonchev–Trinajstić information content (AvgIpc) is 2.62. The number of amides is 1. The van der Waals surface area contributed by atoms with Crippen LogP contribution in [-0.2, 0) is 0 Å². The first-order valence-corrected chi connectivity index (χ1v) is 8.94. The molecule has 0 saturated heterocycles. The van der Waals surface area contributed by atoms with Crippen molar-refractivity contribution in [2.75, 3.05) is 6.61 Å². The second-order valence-electron chi connectivity index (χ2n) is 5.49. The maximum Gasteiger partial charge on any atom is 0.275 e. The third-order valence-electron chi connectivity index (χ3n) is 3.48. The molecule has 0 aliphatic heterocycles. The van der Waals surface area contributed by atoms with Gasteiger partial charge >= 0.3 is 0 Å². The first-order valence-electron chi connectivity index (χ1n) is 8.15. The minimum atomic E-state index is -0.481. The van der Waals surface area contributed by atoms with E-state index < -0.39 is 5.91 Å². The lowest BCUT2D eigenvalue weighted by atomic mass is 10.2. The number of hydrogen-bond donors (Lipinski definition) is 2. The van der Waals surface area contributed by atoms with Gasteiger partial charge in [0.25, 0.3) is 5.91 Å². The Morgan fingerprint density at radius 3 is 2.72 bits per heavy atom. The summed E-state index contributed by atoms with van der Waals surface area (Å²) in [4.78, 5) is 12.0. The van der Waals surface area contributed by atoms with Crippen LogP contribution in [0.15, 0.2) is 52.0 Å². The lowest BCUT2D eigenvalue weighted by molar-refractivity contribution is 0.0952. The summed E-state index contributed by atoms with van der Waals surface area (Å²) in [6, 6.07) is 12.1. The van der Waals surface area contributed by atoms with Crippen LogP contribution in [-0.4, -0.2) is 23.8 Å². The maximum absolute atomic E-state index is 12.0. The number of phenols is 1. The first kappa shape index (κ1) is 19.0. The van der Waals surface area contributed by atoms with E-state index in [4.69, 9.17) is 4.74 Å². The number of halogens is 1. The number of hydrazone groups is 1. The zero-order chi connectivity index (χ0) is 18.1. The van der Waals surface area contributed by atoms with Gasteiger partial charge in [0.15, 0.2) is 0 Å². The topological polar surface area (TPSA) is 70.9 Å². The molecule has 2 aromatic carbocycles. The summed E-state index contributed by atoms with van der Waals surface area (Å²) in [6.45, 7) is 2.87. The molecule has 2 N–H and O–H groups in total. The van der Waals surface area contributed by atoms with Gasteiger partial charge in [0.1, 0.15) is 11.5 Å². The second-order valence-corrected chi connectivity index (χ2v) is 6.40. The number of carbonyl (C=O) groups excluding carboxylic acids is 1. The van der Waals surface area contributed by atoms with Crippen LogP contribution < -0.4 is 10.2 Å². The number of carbonyl (C=O) groups is 1. The number of hydrogen-bond acceptors (Lipinski definition) is 4. The lowest BCUT2D eigenvalue weighted by Gasteiger charge is -2.05. The molecule has 2 rings (SSSR count). The normalized spacial score (nSPS) is 10.8. The molecule has 1 amide bonds. The fourth-order valence-corrected chi connectivity index (χ4v) is 2.47. The molecule has 25 heavy (non-hydrogen) atoms. The highest BCUT2D eigenvalue weighted by atomic mass is 79.9. The number of unbranched alkanes of at least 4 members (excludes halogenated alkanes) is 2. The predicted octanol–water partition coefficient (Wildman–Crippen LogP) is 4.49. The van der Waals surface area contributed by atoms with Crippen LogP contribution >= 0.6 is 15.9 Å². The second kappa shape index (κ2) is 9.84. The van der Waals surface area contributed by atoms with Crippen molar-refractivity contribution in [3.63, 3.8) is 0 Å². The number of aromatic hydroxyl groups is 1. The van der Waals surface area contributed by atoms with Crippen LogP contribution in [0.25, 0.3) is 0 Å². The van der Waals surface area contributed by atoms with Crippen LogP contribution in [0.2, 0.25) is 0 Å². The molecule has 132 valence electrons. The van der Waals surface area contributed by atoms with E-state index in [2.05, 4.69) is 33.4 Å². The highest BCUT2D eigenvalue weighted by Gasteiger charge is 2.10. The van der Waals surface area contributed by atoms with E-state index in [-0.39, 0.29) is 11.3 Å². The van der Waals surface area contributed by atoms with Crippen molar-refractivity contribution in [2.24, 2.45) is 5.10 Å². The molecule has 0 fully saturated rings. The van der Waals surface area contributed by atoms with Gasteiger partial charge in [-0.25, -0.2) is 5.43 Å². The van der Waals surface area contributed by atoms with Gasteiger partial charge in [0, 0.05) is 4.47 Å². The number of phenolic OH excluding ortho intramolecular Hbond substituents is 1. The molecule has 2 aromatic rings. The van der Waals surface area contributed by atoms with Crippen LogP contribution in [0.5, 0.6) is 11.5 Å². The highest BCUT2D eigenvalue weighted by Crippen LogP contribution is 2.21. The zero-order valence-electron chi connectivity index (χ0n) is 14.0. The van der Waals surface area contributed by atoms with Gasteiger partial charge in [-0.3, -0.25) is 4.79 Å². The predicted molar refractivity (Wildman–Crippen MR) is 102 cm³/mol. The monoisotopic (exact) mass is 404 g/mol. The van der Waals surface area contributed by atoms with Crippen LogP contribution in [0.1, 0.15) is 42.1 Å². The maximum atomic E-state index is 12.0. The first-order chi connectivity index (χ1) is 12.1. The van der Waals surface area contributed by atoms with Gasteiger partial charge in [-0.15, -0.1) is 0 Å². The van der Waals surface area contributed by atoms with Gasteiger partial charge in [-0.2, -0.15) is 5.10 Å².